The first-order chi connectivity index (χ1) is 7.69. The van der Waals surface area contributed by atoms with Crippen LogP contribution in [0, 0.1) is 11.8 Å². The number of halogens is 1. The first-order valence-electron chi connectivity index (χ1n) is 4.71. The number of nitrogen functional groups attached to an aromatic ring is 1. The van der Waals surface area contributed by atoms with Crippen LogP contribution in [0.15, 0.2) is 18.2 Å². The van der Waals surface area contributed by atoms with Crippen molar-refractivity contribution in [2.75, 3.05) is 18.2 Å². The van der Waals surface area contributed by atoms with Crippen molar-refractivity contribution in [3.05, 3.63) is 29.3 Å². The van der Waals surface area contributed by atoms with Crippen LogP contribution in [0.3, 0.4) is 0 Å². The van der Waals surface area contributed by atoms with E-state index in [0.29, 0.717) is 11.3 Å². The highest BCUT2D eigenvalue weighted by Crippen LogP contribution is 2.14. The van der Waals surface area contributed by atoms with Gasteiger partial charge in [-0.2, -0.15) is 0 Å². The maximum Gasteiger partial charge on any atom is 0.339 e. The first-order valence-corrected chi connectivity index (χ1v) is 5.84. The van der Waals surface area contributed by atoms with Gasteiger partial charge in [-0.25, -0.2) is 4.79 Å². The van der Waals surface area contributed by atoms with E-state index in [0.717, 1.165) is 17.3 Å². The number of hydrogen-bond acceptors (Lipinski definition) is 3. The largest absolute Gasteiger partial charge is 0.465 e. The summed E-state index contributed by atoms with van der Waals surface area (Å²) >= 11 is 3.29. The lowest BCUT2D eigenvalue weighted by atomic mass is 10.1. The van der Waals surface area contributed by atoms with Crippen LogP contribution in [0.4, 0.5) is 5.69 Å². The summed E-state index contributed by atoms with van der Waals surface area (Å²) in [4.78, 5) is 11.3. The van der Waals surface area contributed by atoms with Crippen LogP contribution in [-0.4, -0.2) is 18.4 Å². The zero-order chi connectivity index (χ0) is 12.0. The number of esters is 1. The minimum atomic E-state index is -0.433. The van der Waals surface area contributed by atoms with Crippen molar-refractivity contribution in [2.24, 2.45) is 0 Å². The molecule has 0 aliphatic rings. The highest BCUT2D eigenvalue weighted by molar-refractivity contribution is 9.09. The van der Waals surface area contributed by atoms with Crippen molar-refractivity contribution in [1.29, 1.82) is 0 Å². The molecule has 0 aliphatic heterocycles. The van der Waals surface area contributed by atoms with Crippen LogP contribution >= 0.6 is 15.9 Å². The molecule has 0 fully saturated rings. The summed E-state index contributed by atoms with van der Waals surface area (Å²) in [7, 11) is 1.32. The summed E-state index contributed by atoms with van der Waals surface area (Å²) in [5.74, 6) is 5.50. The van der Waals surface area contributed by atoms with Gasteiger partial charge in [0.25, 0.3) is 0 Å². The number of carbonyl (C=O) groups is 1. The maximum absolute atomic E-state index is 11.3. The molecular weight excluding hydrogens is 270 g/mol. The molecule has 0 bridgehead atoms. The lowest BCUT2D eigenvalue weighted by Gasteiger charge is -2.03. The summed E-state index contributed by atoms with van der Waals surface area (Å²) in [5.41, 5.74) is 7.28. The van der Waals surface area contributed by atoms with E-state index in [1.807, 2.05) is 0 Å². The molecule has 1 rings (SSSR count). The molecule has 3 nitrogen and oxygen atoms in total. The number of anilines is 1. The molecule has 0 amide bonds. The molecule has 0 atom stereocenters. The molecule has 0 saturated heterocycles. The molecule has 84 valence electrons. The van der Waals surface area contributed by atoms with E-state index in [-0.39, 0.29) is 0 Å². The van der Waals surface area contributed by atoms with Gasteiger partial charge in [0.15, 0.2) is 0 Å². The van der Waals surface area contributed by atoms with Gasteiger partial charge >= 0.3 is 5.97 Å². The Hall–Kier alpha value is -1.47. The van der Waals surface area contributed by atoms with Gasteiger partial charge in [0.2, 0.25) is 0 Å². The van der Waals surface area contributed by atoms with Gasteiger partial charge in [0.1, 0.15) is 0 Å². The SMILES string of the molecule is COC(=O)c1ccc(C#CCCBr)cc1N. The van der Waals surface area contributed by atoms with Gasteiger partial charge < -0.3 is 10.5 Å². The van der Waals surface area contributed by atoms with E-state index in [2.05, 4.69) is 32.5 Å². The number of carbonyl (C=O) groups excluding carboxylic acids is 1. The standard InChI is InChI=1S/C12H12BrNO2/c1-16-12(15)10-6-5-9(8-11(10)14)4-2-3-7-13/h5-6,8H,3,7,14H2,1H3. The van der Waals surface area contributed by atoms with Crippen molar-refractivity contribution in [2.45, 2.75) is 6.42 Å². The van der Waals surface area contributed by atoms with Crippen LogP contribution in [-0.2, 0) is 4.74 Å². The van der Waals surface area contributed by atoms with Crippen molar-refractivity contribution in [1.82, 2.24) is 0 Å². The molecule has 2 N–H and O–H groups in total. The topological polar surface area (TPSA) is 52.3 Å². The van der Waals surface area contributed by atoms with E-state index in [1.54, 1.807) is 18.2 Å². The van der Waals surface area contributed by atoms with Crippen LogP contribution in [0.1, 0.15) is 22.3 Å². The lowest BCUT2D eigenvalue weighted by Crippen LogP contribution is -2.05. The number of rotatable bonds is 2. The van der Waals surface area contributed by atoms with Gasteiger partial charge in [0, 0.05) is 23.0 Å². The molecule has 1 aromatic carbocycles. The Morgan fingerprint density at radius 1 is 1.56 bits per heavy atom. The Kier molecular flexibility index (Phi) is 4.87. The van der Waals surface area contributed by atoms with E-state index in [4.69, 9.17) is 5.73 Å². The summed E-state index contributed by atoms with van der Waals surface area (Å²) in [5, 5.41) is 0.843. The van der Waals surface area contributed by atoms with Crippen molar-refractivity contribution in [3.63, 3.8) is 0 Å². The van der Waals surface area contributed by atoms with Gasteiger partial charge in [-0.3, -0.25) is 0 Å². The summed E-state index contributed by atoms with van der Waals surface area (Å²) in [6.07, 6.45) is 0.776. The van der Waals surface area contributed by atoms with E-state index in [1.165, 1.54) is 7.11 Å². The molecule has 0 saturated carbocycles. The number of methoxy groups -OCH3 is 1. The van der Waals surface area contributed by atoms with Crippen molar-refractivity contribution in [3.8, 4) is 11.8 Å². The second kappa shape index (κ2) is 6.19. The lowest BCUT2D eigenvalue weighted by molar-refractivity contribution is 0.0602. The predicted octanol–water partition coefficient (Wildman–Crippen LogP) is 2.19. The second-order valence-electron chi connectivity index (χ2n) is 3.03. The van der Waals surface area contributed by atoms with Crippen molar-refractivity contribution < 1.29 is 9.53 Å². The normalized spacial score (nSPS) is 9.12. The molecule has 4 heteroatoms. The second-order valence-corrected chi connectivity index (χ2v) is 3.83. The quantitative estimate of drug-likeness (QED) is 0.391. The monoisotopic (exact) mass is 281 g/mol. The van der Waals surface area contributed by atoms with Gasteiger partial charge in [-0.1, -0.05) is 27.8 Å². The third-order valence-corrected chi connectivity index (χ3v) is 2.31. The van der Waals surface area contributed by atoms with E-state index < -0.39 is 5.97 Å². The Balaban J connectivity index is 2.92. The fraction of sp³-hybridized carbons (Fsp3) is 0.250. The number of benzene rings is 1. The predicted molar refractivity (Wildman–Crippen MR) is 67.5 cm³/mol. The molecule has 0 heterocycles. The zero-order valence-electron chi connectivity index (χ0n) is 8.92. The smallest absolute Gasteiger partial charge is 0.339 e. The Labute approximate surface area is 103 Å². The number of alkyl halides is 1. The highest BCUT2D eigenvalue weighted by Gasteiger charge is 2.09. The minimum Gasteiger partial charge on any atom is -0.465 e. The van der Waals surface area contributed by atoms with Gasteiger partial charge in [-0.05, 0) is 18.2 Å². The molecule has 0 radical (unpaired) electrons. The molecule has 1 aromatic rings. The number of ether oxygens (including phenoxy) is 1. The van der Waals surface area contributed by atoms with Crippen LogP contribution in [0.5, 0.6) is 0 Å². The van der Waals surface area contributed by atoms with E-state index >= 15 is 0 Å². The first kappa shape index (κ1) is 12.6. The Morgan fingerprint density at radius 2 is 2.31 bits per heavy atom. The molecule has 0 aromatic heterocycles. The molecular formula is C12H12BrNO2. The van der Waals surface area contributed by atoms with Crippen molar-refractivity contribution >= 4 is 27.6 Å². The molecule has 0 aliphatic carbocycles. The number of nitrogens with two attached hydrogens (primary N) is 1. The minimum absolute atomic E-state index is 0.369. The van der Waals surface area contributed by atoms with Crippen LogP contribution in [0.2, 0.25) is 0 Å². The fourth-order valence-corrected chi connectivity index (χ4v) is 1.35. The van der Waals surface area contributed by atoms with E-state index in [9.17, 15) is 4.79 Å². The third kappa shape index (κ3) is 3.28. The zero-order valence-corrected chi connectivity index (χ0v) is 10.5. The average molecular weight is 282 g/mol. The summed E-state index contributed by atoms with van der Waals surface area (Å²) in [6, 6.07) is 5.05. The Bertz CT molecular complexity index is 446. The Morgan fingerprint density at radius 3 is 2.88 bits per heavy atom. The average Bonchev–Trinajstić information content (AvgIpc) is 2.29. The maximum atomic E-state index is 11.3. The van der Waals surface area contributed by atoms with Gasteiger partial charge in [0.05, 0.1) is 12.7 Å². The highest BCUT2D eigenvalue weighted by atomic mass is 79.9. The summed E-state index contributed by atoms with van der Waals surface area (Å²) in [6.45, 7) is 0. The number of hydrogen-bond donors (Lipinski definition) is 1. The third-order valence-electron chi connectivity index (χ3n) is 1.91. The van der Waals surface area contributed by atoms with Gasteiger partial charge in [-0.15, -0.1) is 0 Å². The molecule has 16 heavy (non-hydrogen) atoms. The molecule has 0 unspecified atom stereocenters. The van der Waals surface area contributed by atoms with Crippen LogP contribution < -0.4 is 5.73 Å². The molecule has 0 spiro atoms. The fourth-order valence-electron chi connectivity index (χ4n) is 1.15. The van der Waals surface area contributed by atoms with Crippen LogP contribution in [0.25, 0.3) is 0 Å². The summed E-state index contributed by atoms with van der Waals surface area (Å²) < 4.78 is 4.59.